The number of nitrogens with one attached hydrogen (secondary N) is 1. The summed E-state index contributed by atoms with van der Waals surface area (Å²) in [5.74, 6) is -1.02. The van der Waals surface area contributed by atoms with Crippen molar-refractivity contribution in [3.63, 3.8) is 0 Å². The molecule has 2 aromatic rings. The first-order valence-electron chi connectivity index (χ1n) is 6.14. The number of nitrogens with zero attached hydrogens (tertiary/aromatic N) is 2. The summed E-state index contributed by atoms with van der Waals surface area (Å²) in [4.78, 5) is 21.0. The highest BCUT2D eigenvalue weighted by Gasteiger charge is 2.17. The van der Waals surface area contributed by atoms with E-state index in [9.17, 15) is 9.18 Å². The SMILES string of the molecule is O=C(Nc1nc2c(s1)CCCC2)c1ccnc(F)c1. The lowest BCUT2D eigenvalue weighted by Gasteiger charge is -2.06. The van der Waals surface area contributed by atoms with Gasteiger partial charge in [-0.3, -0.25) is 10.1 Å². The van der Waals surface area contributed by atoms with Gasteiger partial charge in [-0.1, -0.05) is 0 Å². The molecule has 0 aromatic carbocycles. The maximum Gasteiger partial charge on any atom is 0.257 e. The van der Waals surface area contributed by atoms with Crippen molar-refractivity contribution in [3.05, 3.63) is 40.4 Å². The van der Waals surface area contributed by atoms with E-state index in [4.69, 9.17) is 0 Å². The Hall–Kier alpha value is -1.82. The maximum atomic E-state index is 12.9. The minimum Gasteiger partial charge on any atom is -0.298 e. The highest BCUT2D eigenvalue weighted by atomic mass is 32.1. The summed E-state index contributed by atoms with van der Waals surface area (Å²) in [6.45, 7) is 0. The first-order valence-corrected chi connectivity index (χ1v) is 6.95. The molecule has 1 aliphatic carbocycles. The third-order valence-electron chi connectivity index (χ3n) is 3.05. The summed E-state index contributed by atoms with van der Waals surface area (Å²) >= 11 is 1.51. The van der Waals surface area contributed by atoms with E-state index in [1.54, 1.807) is 0 Å². The first kappa shape index (κ1) is 12.2. The van der Waals surface area contributed by atoms with Crippen LogP contribution in [0.2, 0.25) is 0 Å². The molecule has 1 N–H and O–H groups in total. The first-order chi connectivity index (χ1) is 9.22. The van der Waals surface area contributed by atoms with Gasteiger partial charge in [0.2, 0.25) is 5.95 Å². The third kappa shape index (κ3) is 2.63. The van der Waals surface area contributed by atoms with Crippen LogP contribution in [-0.2, 0) is 12.8 Å². The summed E-state index contributed by atoms with van der Waals surface area (Å²) in [5, 5.41) is 3.31. The second kappa shape index (κ2) is 5.05. The van der Waals surface area contributed by atoms with Gasteiger partial charge < -0.3 is 0 Å². The fraction of sp³-hybridized carbons (Fsp3) is 0.308. The topological polar surface area (TPSA) is 54.9 Å². The Kier molecular flexibility index (Phi) is 3.25. The van der Waals surface area contributed by atoms with Crippen molar-refractivity contribution in [2.75, 3.05) is 5.32 Å². The van der Waals surface area contributed by atoms with Crippen molar-refractivity contribution >= 4 is 22.4 Å². The number of carbonyl (C=O) groups is 1. The monoisotopic (exact) mass is 277 g/mol. The van der Waals surface area contributed by atoms with Crippen LogP contribution in [0.5, 0.6) is 0 Å². The Balaban J connectivity index is 1.77. The molecule has 1 aliphatic rings. The van der Waals surface area contributed by atoms with E-state index in [0.29, 0.717) is 5.13 Å². The van der Waals surface area contributed by atoms with Crippen molar-refractivity contribution in [1.29, 1.82) is 0 Å². The molecule has 0 unspecified atom stereocenters. The zero-order valence-electron chi connectivity index (χ0n) is 10.1. The Morgan fingerprint density at radius 3 is 3.00 bits per heavy atom. The van der Waals surface area contributed by atoms with Crippen molar-refractivity contribution in [2.45, 2.75) is 25.7 Å². The smallest absolute Gasteiger partial charge is 0.257 e. The average molecular weight is 277 g/mol. The van der Waals surface area contributed by atoms with Crippen LogP contribution < -0.4 is 5.32 Å². The highest BCUT2D eigenvalue weighted by Crippen LogP contribution is 2.29. The molecule has 0 bridgehead atoms. The number of pyridine rings is 1. The van der Waals surface area contributed by atoms with Gasteiger partial charge in [0.05, 0.1) is 5.69 Å². The fourth-order valence-corrected chi connectivity index (χ4v) is 3.16. The predicted molar refractivity (Wildman–Crippen MR) is 70.9 cm³/mol. The molecular formula is C13H12FN3OS. The van der Waals surface area contributed by atoms with Crippen molar-refractivity contribution in [1.82, 2.24) is 9.97 Å². The molecule has 4 nitrogen and oxygen atoms in total. The molecule has 1 amide bonds. The van der Waals surface area contributed by atoms with Crippen LogP contribution in [0, 0.1) is 5.95 Å². The van der Waals surface area contributed by atoms with E-state index in [-0.39, 0.29) is 11.5 Å². The van der Waals surface area contributed by atoms with Crippen LogP contribution in [0.15, 0.2) is 18.3 Å². The summed E-state index contributed by atoms with van der Waals surface area (Å²) in [7, 11) is 0. The zero-order chi connectivity index (χ0) is 13.2. The number of amides is 1. The maximum absolute atomic E-state index is 12.9. The van der Waals surface area contributed by atoms with E-state index in [1.807, 2.05) is 0 Å². The molecule has 0 atom stereocenters. The Morgan fingerprint density at radius 1 is 1.37 bits per heavy atom. The van der Waals surface area contributed by atoms with Crippen LogP contribution >= 0.6 is 11.3 Å². The minimum atomic E-state index is -0.661. The molecule has 19 heavy (non-hydrogen) atoms. The molecule has 2 aromatic heterocycles. The zero-order valence-corrected chi connectivity index (χ0v) is 11.0. The summed E-state index contributed by atoms with van der Waals surface area (Å²) in [5.41, 5.74) is 1.34. The van der Waals surface area contributed by atoms with Gasteiger partial charge in [0.25, 0.3) is 5.91 Å². The Bertz CT molecular complexity index is 603. The summed E-state index contributed by atoms with van der Waals surface area (Å²) in [6.07, 6.45) is 5.62. The predicted octanol–water partition coefficient (Wildman–Crippen LogP) is 2.81. The lowest BCUT2D eigenvalue weighted by molar-refractivity contribution is 0.102. The summed E-state index contributed by atoms with van der Waals surface area (Å²) in [6, 6.07) is 2.59. The number of halogens is 1. The number of aryl methyl sites for hydroxylation is 2. The quantitative estimate of drug-likeness (QED) is 0.859. The lowest BCUT2D eigenvalue weighted by atomic mass is 10.0. The minimum absolute atomic E-state index is 0.251. The normalized spacial score (nSPS) is 13.9. The second-order valence-electron chi connectivity index (χ2n) is 4.42. The number of thiazole rings is 1. The van der Waals surface area contributed by atoms with E-state index < -0.39 is 5.95 Å². The molecular weight excluding hydrogens is 265 g/mol. The molecule has 0 radical (unpaired) electrons. The molecule has 3 rings (SSSR count). The Labute approximate surface area is 113 Å². The van der Waals surface area contributed by atoms with E-state index in [2.05, 4.69) is 15.3 Å². The second-order valence-corrected chi connectivity index (χ2v) is 5.50. The average Bonchev–Trinajstić information content (AvgIpc) is 2.80. The highest BCUT2D eigenvalue weighted by molar-refractivity contribution is 7.15. The number of carbonyl (C=O) groups excluding carboxylic acids is 1. The van der Waals surface area contributed by atoms with Crippen LogP contribution in [0.25, 0.3) is 0 Å². The van der Waals surface area contributed by atoms with Crippen LogP contribution in [0.4, 0.5) is 9.52 Å². The molecule has 0 saturated heterocycles. The molecule has 0 aliphatic heterocycles. The molecule has 6 heteroatoms. The van der Waals surface area contributed by atoms with Crippen LogP contribution in [-0.4, -0.2) is 15.9 Å². The Morgan fingerprint density at radius 2 is 2.21 bits per heavy atom. The van der Waals surface area contributed by atoms with Gasteiger partial charge in [0, 0.05) is 22.7 Å². The van der Waals surface area contributed by atoms with Gasteiger partial charge in [0.15, 0.2) is 5.13 Å². The third-order valence-corrected chi connectivity index (χ3v) is 4.13. The number of rotatable bonds is 2. The van der Waals surface area contributed by atoms with E-state index in [1.165, 1.54) is 34.9 Å². The van der Waals surface area contributed by atoms with Gasteiger partial charge in [-0.25, -0.2) is 9.97 Å². The number of fused-ring (bicyclic) bond motifs is 1. The van der Waals surface area contributed by atoms with Gasteiger partial charge in [-0.2, -0.15) is 4.39 Å². The molecule has 0 spiro atoms. The largest absolute Gasteiger partial charge is 0.298 e. The van der Waals surface area contributed by atoms with Crippen molar-refractivity contribution in [3.8, 4) is 0 Å². The number of aromatic nitrogens is 2. The van der Waals surface area contributed by atoms with E-state index >= 15 is 0 Å². The van der Waals surface area contributed by atoms with Gasteiger partial charge >= 0.3 is 0 Å². The molecule has 0 fully saturated rings. The fourth-order valence-electron chi connectivity index (χ4n) is 2.12. The van der Waals surface area contributed by atoms with Gasteiger partial charge in [0.1, 0.15) is 0 Å². The van der Waals surface area contributed by atoms with Gasteiger partial charge in [-0.05, 0) is 31.7 Å². The standard InChI is InChI=1S/C13H12FN3OS/c14-11-7-8(5-6-15-11)12(18)17-13-16-9-3-1-2-4-10(9)19-13/h5-7H,1-4H2,(H,16,17,18). The molecule has 98 valence electrons. The lowest BCUT2D eigenvalue weighted by Crippen LogP contribution is -2.12. The number of hydrogen-bond donors (Lipinski definition) is 1. The van der Waals surface area contributed by atoms with E-state index in [0.717, 1.165) is 31.0 Å². The molecule has 0 saturated carbocycles. The van der Waals surface area contributed by atoms with Crippen molar-refractivity contribution in [2.24, 2.45) is 0 Å². The van der Waals surface area contributed by atoms with Crippen LogP contribution in [0.1, 0.15) is 33.8 Å². The van der Waals surface area contributed by atoms with Crippen LogP contribution in [0.3, 0.4) is 0 Å². The molecule has 2 heterocycles. The number of anilines is 1. The van der Waals surface area contributed by atoms with Gasteiger partial charge in [-0.15, -0.1) is 11.3 Å². The van der Waals surface area contributed by atoms with Crippen molar-refractivity contribution < 1.29 is 9.18 Å². The number of hydrogen-bond acceptors (Lipinski definition) is 4. The summed E-state index contributed by atoms with van der Waals surface area (Å²) < 4.78 is 12.9.